The Morgan fingerprint density at radius 3 is 2.56 bits per heavy atom. The second kappa shape index (κ2) is 8.24. The van der Waals surface area contributed by atoms with E-state index >= 15 is 0 Å². The van der Waals surface area contributed by atoms with Crippen LogP contribution in [0, 0.1) is 0 Å². The van der Waals surface area contributed by atoms with Gasteiger partial charge in [-0.1, -0.05) is 24.1 Å². The number of nitrogens with one attached hydrogen (secondary N) is 1. The molecule has 1 aliphatic rings. The molecular formula is C18H20ClN3O4S. The standard InChI is InChI=1S/C18H20ClN3O4S/c19-14-5-4-6-15(11-14)20-17(23)13-21-12-16(7-8-18(21)24)27(25,26)22-9-2-1-3-10-22/h4-8,11-12H,1-3,9-10,13H2,(H,20,23). The molecule has 1 aromatic heterocycles. The Morgan fingerprint density at radius 1 is 1.11 bits per heavy atom. The molecule has 1 fully saturated rings. The van der Waals surface area contributed by atoms with Gasteiger partial charge in [0.05, 0.1) is 4.90 Å². The third-order valence-corrected chi connectivity index (χ3v) is 6.45. The van der Waals surface area contributed by atoms with Crippen molar-refractivity contribution in [2.75, 3.05) is 18.4 Å². The summed E-state index contributed by atoms with van der Waals surface area (Å²) in [5, 5.41) is 3.11. The quantitative estimate of drug-likeness (QED) is 0.820. The summed E-state index contributed by atoms with van der Waals surface area (Å²) in [6.07, 6.45) is 3.88. The van der Waals surface area contributed by atoms with Crippen LogP contribution < -0.4 is 10.9 Å². The predicted molar refractivity (Wildman–Crippen MR) is 103 cm³/mol. The molecule has 7 nitrogen and oxygen atoms in total. The van der Waals surface area contributed by atoms with E-state index in [2.05, 4.69) is 5.32 Å². The second-order valence-electron chi connectivity index (χ2n) is 6.35. The number of aromatic nitrogens is 1. The van der Waals surface area contributed by atoms with Crippen molar-refractivity contribution < 1.29 is 13.2 Å². The number of carbonyl (C=O) groups excluding carboxylic acids is 1. The fourth-order valence-electron chi connectivity index (χ4n) is 2.96. The average Bonchev–Trinajstić information content (AvgIpc) is 2.64. The summed E-state index contributed by atoms with van der Waals surface area (Å²) in [5.74, 6) is -0.452. The maximum Gasteiger partial charge on any atom is 0.251 e. The molecule has 1 amide bonds. The lowest BCUT2D eigenvalue weighted by molar-refractivity contribution is -0.116. The van der Waals surface area contributed by atoms with Crippen LogP contribution in [-0.2, 0) is 21.4 Å². The molecule has 2 aromatic rings. The smallest absolute Gasteiger partial charge is 0.251 e. The fourth-order valence-corrected chi connectivity index (χ4v) is 4.69. The molecule has 0 unspecified atom stereocenters. The van der Waals surface area contributed by atoms with E-state index in [1.54, 1.807) is 24.3 Å². The highest BCUT2D eigenvalue weighted by Crippen LogP contribution is 2.19. The van der Waals surface area contributed by atoms with Crippen molar-refractivity contribution in [3.05, 3.63) is 58.0 Å². The number of pyridine rings is 1. The van der Waals surface area contributed by atoms with Gasteiger partial charge in [0.2, 0.25) is 15.9 Å². The maximum atomic E-state index is 12.8. The normalized spacial score (nSPS) is 15.4. The minimum Gasteiger partial charge on any atom is -0.324 e. The molecule has 2 heterocycles. The van der Waals surface area contributed by atoms with Crippen molar-refractivity contribution in [3.63, 3.8) is 0 Å². The van der Waals surface area contributed by atoms with Crippen molar-refractivity contribution >= 4 is 33.2 Å². The van der Waals surface area contributed by atoms with Gasteiger partial charge < -0.3 is 9.88 Å². The van der Waals surface area contributed by atoms with E-state index in [0.29, 0.717) is 23.8 Å². The van der Waals surface area contributed by atoms with E-state index in [0.717, 1.165) is 23.8 Å². The first-order valence-corrected chi connectivity index (χ1v) is 10.4. The lowest BCUT2D eigenvalue weighted by Gasteiger charge is -2.26. The van der Waals surface area contributed by atoms with Gasteiger partial charge in [0.25, 0.3) is 5.56 Å². The number of nitrogens with zero attached hydrogens (tertiary/aromatic N) is 2. The van der Waals surface area contributed by atoms with Gasteiger partial charge in [-0.3, -0.25) is 9.59 Å². The van der Waals surface area contributed by atoms with E-state index < -0.39 is 21.5 Å². The first-order chi connectivity index (χ1) is 12.9. The van der Waals surface area contributed by atoms with Crippen LogP contribution in [0.2, 0.25) is 5.02 Å². The van der Waals surface area contributed by atoms with Gasteiger partial charge in [0, 0.05) is 36.1 Å². The number of carbonyl (C=O) groups is 1. The molecule has 144 valence electrons. The van der Waals surface area contributed by atoms with E-state index in [1.165, 1.54) is 22.6 Å². The summed E-state index contributed by atoms with van der Waals surface area (Å²) in [4.78, 5) is 24.3. The minimum atomic E-state index is -3.68. The van der Waals surface area contributed by atoms with Gasteiger partial charge in [-0.2, -0.15) is 4.31 Å². The molecule has 1 N–H and O–H groups in total. The lowest BCUT2D eigenvalue weighted by atomic mass is 10.2. The number of piperidine rings is 1. The first-order valence-electron chi connectivity index (χ1n) is 8.62. The molecule has 0 bridgehead atoms. The fraction of sp³-hybridized carbons (Fsp3) is 0.333. The third-order valence-electron chi connectivity index (χ3n) is 4.33. The van der Waals surface area contributed by atoms with Gasteiger partial charge >= 0.3 is 0 Å². The molecule has 27 heavy (non-hydrogen) atoms. The van der Waals surface area contributed by atoms with Crippen molar-refractivity contribution in [2.24, 2.45) is 0 Å². The van der Waals surface area contributed by atoms with Crippen LogP contribution in [0.5, 0.6) is 0 Å². The van der Waals surface area contributed by atoms with E-state index in [1.807, 2.05) is 0 Å². The van der Waals surface area contributed by atoms with Crippen LogP contribution in [0.1, 0.15) is 19.3 Å². The van der Waals surface area contributed by atoms with Gasteiger partial charge in [-0.15, -0.1) is 0 Å². The molecule has 0 atom stereocenters. The molecule has 1 aliphatic heterocycles. The number of halogens is 1. The molecule has 9 heteroatoms. The van der Waals surface area contributed by atoms with Crippen LogP contribution in [-0.4, -0.2) is 36.3 Å². The third kappa shape index (κ3) is 4.77. The number of amides is 1. The highest BCUT2D eigenvalue weighted by atomic mass is 35.5. The van der Waals surface area contributed by atoms with Crippen molar-refractivity contribution in [1.82, 2.24) is 8.87 Å². The van der Waals surface area contributed by atoms with Crippen LogP contribution in [0.25, 0.3) is 0 Å². The summed E-state index contributed by atoms with van der Waals surface area (Å²) in [7, 11) is -3.68. The summed E-state index contributed by atoms with van der Waals surface area (Å²) < 4.78 is 28.0. The minimum absolute atomic E-state index is 0.0135. The highest BCUT2D eigenvalue weighted by Gasteiger charge is 2.26. The van der Waals surface area contributed by atoms with Crippen LogP contribution in [0.3, 0.4) is 0 Å². The predicted octanol–water partition coefficient (Wildman–Crippen LogP) is 2.31. The summed E-state index contributed by atoms with van der Waals surface area (Å²) in [6.45, 7) is 0.641. The Bertz CT molecular complexity index is 998. The van der Waals surface area contributed by atoms with Crippen molar-refractivity contribution in [1.29, 1.82) is 0 Å². The molecule has 0 saturated carbocycles. The Morgan fingerprint density at radius 2 is 1.85 bits per heavy atom. The maximum absolute atomic E-state index is 12.8. The molecule has 0 aliphatic carbocycles. The number of hydrogen-bond donors (Lipinski definition) is 1. The Kier molecular flexibility index (Phi) is 5.98. The second-order valence-corrected chi connectivity index (χ2v) is 8.73. The van der Waals surface area contributed by atoms with Crippen LogP contribution in [0.4, 0.5) is 5.69 Å². The van der Waals surface area contributed by atoms with Gasteiger partial charge in [-0.05, 0) is 37.1 Å². The molecular weight excluding hydrogens is 390 g/mol. The zero-order valence-electron chi connectivity index (χ0n) is 14.6. The van der Waals surface area contributed by atoms with E-state index in [4.69, 9.17) is 11.6 Å². The molecule has 1 aromatic carbocycles. The zero-order valence-corrected chi connectivity index (χ0v) is 16.2. The average molecular weight is 410 g/mol. The SMILES string of the molecule is O=C(Cn1cc(S(=O)(=O)N2CCCCC2)ccc1=O)Nc1cccc(Cl)c1. The molecule has 0 spiro atoms. The number of benzene rings is 1. The highest BCUT2D eigenvalue weighted by molar-refractivity contribution is 7.89. The number of hydrogen-bond acceptors (Lipinski definition) is 4. The molecule has 3 rings (SSSR count). The van der Waals surface area contributed by atoms with Gasteiger partial charge in [0.1, 0.15) is 6.54 Å². The molecule has 0 radical (unpaired) electrons. The van der Waals surface area contributed by atoms with E-state index in [-0.39, 0.29) is 11.4 Å². The van der Waals surface area contributed by atoms with E-state index in [9.17, 15) is 18.0 Å². The summed E-state index contributed by atoms with van der Waals surface area (Å²) >= 11 is 5.88. The Hall–Kier alpha value is -2.16. The summed E-state index contributed by atoms with van der Waals surface area (Å²) in [6, 6.07) is 9.08. The number of rotatable bonds is 5. The lowest BCUT2D eigenvalue weighted by Crippen LogP contribution is -2.36. The summed E-state index contributed by atoms with van der Waals surface area (Å²) in [5.41, 5.74) is 0.0477. The van der Waals surface area contributed by atoms with Crippen molar-refractivity contribution in [2.45, 2.75) is 30.7 Å². The van der Waals surface area contributed by atoms with Crippen LogP contribution in [0.15, 0.2) is 52.3 Å². The Balaban J connectivity index is 1.79. The monoisotopic (exact) mass is 409 g/mol. The number of anilines is 1. The van der Waals surface area contributed by atoms with Gasteiger partial charge in [0.15, 0.2) is 0 Å². The van der Waals surface area contributed by atoms with Crippen LogP contribution >= 0.6 is 11.6 Å². The zero-order chi connectivity index (χ0) is 19.4. The van der Waals surface area contributed by atoms with Crippen molar-refractivity contribution in [3.8, 4) is 0 Å². The van der Waals surface area contributed by atoms with Gasteiger partial charge in [-0.25, -0.2) is 8.42 Å². The first kappa shape index (κ1) is 19.6. The largest absolute Gasteiger partial charge is 0.324 e. The Labute approximate surface area is 162 Å². The molecule has 1 saturated heterocycles. The topological polar surface area (TPSA) is 88.5 Å². The number of sulfonamides is 1.